The number of hydrogen-bond acceptors (Lipinski definition) is 3. The molecule has 104 valence electrons. The zero-order chi connectivity index (χ0) is 13.9. The van der Waals surface area contributed by atoms with Gasteiger partial charge in [0.2, 0.25) is 0 Å². The molecule has 2 aromatic carbocycles. The van der Waals surface area contributed by atoms with Gasteiger partial charge in [-0.1, -0.05) is 30.3 Å². The largest absolute Gasteiger partial charge is 0.489 e. The number of benzene rings is 2. The van der Waals surface area contributed by atoms with E-state index in [-0.39, 0.29) is 11.9 Å². The van der Waals surface area contributed by atoms with Gasteiger partial charge in [-0.15, -0.1) is 0 Å². The van der Waals surface area contributed by atoms with E-state index in [1.165, 1.54) is 0 Å². The summed E-state index contributed by atoms with van der Waals surface area (Å²) in [6.07, 6.45) is 2.26. The van der Waals surface area contributed by atoms with Crippen molar-refractivity contribution in [2.24, 2.45) is 0 Å². The fourth-order valence-corrected chi connectivity index (χ4v) is 2.63. The first-order chi connectivity index (χ1) is 9.75. The Morgan fingerprint density at radius 2 is 2.15 bits per heavy atom. The van der Waals surface area contributed by atoms with Crippen LogP contribution in [0.4, 0.5) is 0 Å². The summed E-state index contributed by atoms with van der Waals surface area (Å²) in [6, 6.07) is 11.8. The van der Waals surface area contributed by atoms with E-state index in [2.05, 4.69) is 0 Å². The lowest BCUT2D eigenvalue weighted by atomic mass is 10.0. The SMILES string of the molecule is CC(=O)c1ccc2ccccc2c1OCC1CCCO1. The minimum atomic E-state index is 0.0260. The molecule has 1 saturated heterocycles. The number of Topliss-reactive ketones (excluding diaryl/α,β-unsaturated/α-hetero) is 1. The van der Waals surface area contributed by atoms with Crippen LogP contribution >= 0.6 is 0 Å². The van der Waals surface area contributed by atoms with Crippen molar-refractivity contribution in [2.75, 3.05) is 13.2 Å². The molecule has 2 aromatic rings. The third-order valence-corrected chi connectivity index (χ3v) is 3.70. The normalized spacial score (nSPS) is 18.4. The fraction of sp³-hybridized carbons (Fsp3) is 0.353. The van der Waals surface area contributed by atoms with Gasteiger partial charge in [-0.25, -0.2) is 0 Å². The van der Waals surface area contributed by atoms with Gasteiger partial charge in [0.15, 0.2) is 5.78 Å². The molecule has 0 aromatic heterocycles. The van der Waals surface area contributed by atoms with E-state index in [1.54, 1.807) is 6.92 Å². The molecule has 0 N–H and O–H groups in total. The highest BCUT2D eigenvalue weighted by Gasteiger charge is 2.18. The lowest BCUT2D eigenvalue weighted by molar-refractivity contribution is 0.0678. The second-order valence-corrected chi connectivity index (χ2v) is 5.17. The number of ether oxygens (including phenoxy) is 2. The predicted octanol–water partition coefficient (Wildman–Crippen LogP) is 3.60. The van der Waals surface area contributed by atoms with Crippen LogP contribution in [0.25, 0.3) is 10.8 Å². The van der Waals surface area contributed by atoms with E-state index >= 15 is 0 Å². The van der Waals surface area contributed by atoms with Gasteiger partial charge in [-0.3, -0.25) is 4.79 Å². The molecule has 1 atom stereocenters. The van der Waals surface area contributed by atoms with Crippen LogP contribution in [-0.2, 0) is 4.74 Å². The van der Waals surface area contributed by atoms with Gasteiger partial charge in [-0.2, -0.15) is 0 Å². The van der Waals surface area contributed by atoms with Crippen LogP contribution in [-0.4, -0.2) is 25.1 Å². The molecule has 20 heavy (non-hydrogen) atoms. The van der Waals surface area contributed by atoms with Gasteiger partial charge < -0.3 is 9.47 Å². The maximum Gasteiger partial charge on any atom is 0.163 e. The first-order valence-electron chi connectivity index (χ1n) is 7.03. The summed E-state index contributed by atoms with van der Waals surface area (Å²) < 4.78 is 11.5. The van der Waals surface area contributed by atoms with Gasteiger partial charge >= 0.3 is 0 Å². The van der Waals surface area contributed by atoms with E-state index in [4.69, 9.17) is 9.47 Å². The Bertz CT molecular complexity index is 627. The third kappa shape index (κ3) is 2.54. The number of ketones is 1. The average molecular weight is 270 g/mol. The van der Waals surface area contributed by atoms with Crippen LogP contribution in [0.2, 0.25) is 0 Å². The van der Waals surface area contributed by atoms with E-state index in [0.717, 1.165) is 30.2 Å². The smallest absolute Gasteiger partial charge is 0.163 e. The molecule has 0 bridgehead atoms. The van der Waals surface area contributed by atoms with Gasteiger partial charge in [0, 0.05) is 12.0 Å². The zero-order valence-corrected chi connectivity index (χ0v) is 11.6. The Balaban J connectivity index is 1.96. The van der Waals surface area contributed by atoms with Crippen molar-refractivity contribution in [3.05, 3.63) is 42.0 Å². The predicted molar refractivity (Wildman–Crippen MR) is 78.4 cm³/mol. The summed E-state index contributed by atoms with van der Waals surface area (Å²) in [4.78, 5) is 11.8. The molecule has 1 aliphatic rings. The highest BCUT2D eigenvalue weighted by Crippen LogP contribution is 2.31. The summed E-state index contributed by atoms with van der Waals surface area (Å²) in [6.45, 7) is 2.89. The maximum absolute atomic E-state index is 11.8. The summed E-state index contributed by atoms with van der Waals surface area (Å²) in [5.41, 5.74) is 0.640. The van der Waals surface area contributed by atoms with Crippen molar-refractivity contribution in [1.29, 1.82) is 0 Å². The third-order valence-electron chi connectivity index (χ3n) is 3.70. The van der Waals surface area contributed by atoms with Crippen molar-refractivity contribution >= 4 is 16.6 Å². The molecule has 1 heterocycles. The minimum Gasteiger partial charge on any atom is -0.489 e. The number of fused-ring (bicyclic) bond motifs is 1. The zero-order valence-electron chi connectivity index (χ0n) is 11.6. The molecular weight excluding hydrogens is 252 g/mol. The van der Waals surface area contributed by atoms with Crippen molar-refractivity contribution < 1.29 is 14.3 Å². The summed E-state index contributed by atoms with van der Waals surface area (Å²) in [7, 11) is 0. The van der Waals surface area contributed by atoms with Crippen molar-refractivity contribution in [2.45, 2.75) is 25.9 Å². The number of rotatable bonds is 4. The maximum atomic E-state index is 11.8. The van der Waals surface area contributed by atoms with Gasteiger partial charge in [-0.05, 0) is 31.2 Å². The van der Waals surface area contributed by atoms with E-state index in [9.17, 15) is 4.79 Å². The van der Waals surface area contributed by atoms with Gasteiger partial charge in [0.25, 0.3) is 0 Å². The molecule has 0 spiro atoms. The van der Waals surface area contributed by atoms with Crippen molar-refractivity contribution in [3.8, 4) is 5.75 Å². The molecule has 3 heteroatoms. The van der Waals surface area contributed by atoms with Crippen LogP contribution in [0, 0.1) is 0 Å². The molecular formula is C17H18O3. The summed E-state index contributed by atoms with van der Waals surface area (Å²) in [5.74, 6) is 0.712. The second kappa shape index (κ2) is 5.63. The van der Waals surface area contributed by atoms with Gasteiger partial charge in [0.1, 0.15) is 12.4 Å². The Hall–Kier alpha value is -1.87. The summed E-state index contributed by atoms with van der Waals surface area (Å²) >= 11 is 0. The highest BCUT2D eigenvalue weighted by atomic mass is 16.5. The molecule has 0 amide bonds. The topological polar surface area (TPSA) is 35.5 Å². The molecule has 3 rings (SSSR count). The lowest BCUT2D eigenvalue weighted by Gasteiger charge is -2.15. The van der Waals surface area contributed by atoms with Crippen LogP contribution in [0.3, 0.4) is 0 Å². The molecule has 0 saturated carbocycles. The van der Waals surface area contributed by atoms with E-state index in [0.29, 0.717) is 17.9 Å². The molecule has 3 nitrogen and oxygen atoms in total. The standard InChI is InChI=1S/C17H18O3/c1-12(18)15-9-8-13-5-2-3-7-16(13)17(15)20-11-14-6-4-10-19-14/h2-3,5,7-9,14H,4,6,10-11H2,1H3. The molecule has 1 fully saturated rings. The molecule has 1 aliphatic heterocycles. The highest BCUT2D eigenvalue weighted by molar-refractivity contribution is 6.03. The quantitative estimate of drug-likeness (QED) is 0.796. The molecule has 1 unspecified atom stereocenters. The van der Waals surface area contributed by atoms with Gasteiger partial charge in [0.05, 0.1) is 11.7 Å². The number of carbonyl (C=O) groups is 1. The van der Waals surface area contributed by atoms with E-state index < -0.39 is 0 Å². The van der Waals surface area contributed by atoms with Crippen LogP contribution < -0.4 is 4.74 Å². The molecule has 0 aliphatic carbocycles. The monoisotopic (exact) mass is 270 g/mol. The Labute approximate surface area is 118 Å². The number of hydrogen-bond donors (Lipinski definition) is 0. The van der Waals surface area contributed by atoms with E-state index in [1.807, 2.05) is 36.4 Å². The molecule has 0 radical (unpaired) electrons. The lowest BCUT2D eigenvalue weighted by Crippen LogP contribution is -2.17. The Morgan fingerprint density at radius 1 is 1.30 bits per heavy atom. The van der Waals surface area contributed by atoms with Crippen LogP contribution in [0.15, 0.2) is 36.4 Å². The van der Waals surface area contributed by atoms with Crippen molar-refractivity contribution in [3.63, 3.8) is 0 Å². The first-order valence-corrected chi connectivity index (χ1v) is 7.03. The van der Waals surface area contributed by atoms with Crippen molar-refractivity contribution in [1.82, 2.24) is 0 Å². The van der Waals surface area contributed by atoms with Crippen LogP contribution in [0.1, 0.15) is 30.1 Å². The summed E-state index contributed by atoms with van der Waals surface area (Å²) in [5, 5.41) is 2.07. The first kappa shape index (κ1) is 13.1. The Kier molecular flexibility index (Phi) is 3.70. The Morgan fingerprint density at radius 3 is 2.90 bits per heavy atom. The minimum absolute atomic E-state index is 0.0260. The second-order valence-electron chi connectivity index (χ2n) is 5.17. The average Bonchev–Trinajstić information content (AvgIpc) is 2.97. The van der Waals surface area contributed by atoms with Crippen LogP contribution in [0.5, 0.6) is 5.75 Å². The number of carbonyl (C=O) groups excluding carboxylic acids is 1. The fourth-order valence-electron chi connectivity index (χ4n) is 2.63.